The topological polar surface area (TPSA) is 78.9 Å². The summed E-state index contributed by atoms with van der Waals surface area (Å²) >= 11 is 1.57. The van der Waals surface area contributed by atoms with Crippen molar-refractivity contribution in [2.45, 2.75) is 24.7 Å². The van der Waals surface area contributed by atoms with Gasteiger partial charge in [-0.15, -0.1) is 11.3 Å². The molecule has 2 N–H and O–H groups in total. The van der Waals surface area contributed by atoms with Crippen LogP contribution in [-0.4, -0.2) is 41.2 Å². The quantitative estimate of drug-likeness (QED) is 0.505. The SMILES string of the molecule is O=C1N[C@@](Cc2ccccc2)(c2ccccc2)C(=O)N1C[C@@H](O)COCc1cccs1. The summed E-state index contributed by atoms with van der Waals surface area (Å²) in [5.74, 6) is -0.371. The third-order valence-electron chi connectivity index (χ3n) is 5.28. The molecule has 7 heteroatoms. The third-order valence-corrected chi connectivity index (χ3v) is 6.13. The molecule has 2 atom stereocenters. The van der Waals surface area contributed by atoms with Gasteiger partial charge < -0.3 is 15.2 Å². The molecule has 4 rings (SSSR count). The first kappa shape index (κ1) is 21.2. The number of aliphatic hydroxyl groups is 1. The summed E-state index contributed by atoms with van der Waals surface area (Å²) in [6.45, 7) is 0.293. The maximum atomic E-state index is 13.5. The molecule has 1 fully saturated rings. The molecule has 2 heterocycles. The molecule has 160 valence electrons. The number of urea groups is 1. The first-order chi connectivity index (χ1) is 15.1. The van der Waals surface area contributed by atoms with Crippen LogP contribution < -0.4 is 5.32 Å². The average molecular weight is 437 g/mol. The Morgan fingerprint density at radius 3 is 2.39 bits per heavy atom. The number of rotatable bonds is 9. The minimum Gasteiger partial charge on any atom is -0.389 e. The second-order valence-corrected chi connectivity index (χ2v) is 8.56. The molecular weight excluding hydrogens is 412 g/mol. The Kier molecular flexibility index (Phi) is 6.46. The summed E-state index contributed by atoms with van der Waals surface area (Å²) in [7, 11) is 0. The Morgan fingerprint density at radius 1 is 1.00 bits per heavy atom. The smallest absolute Gasteiger partial charge is 0.325 e. The fourth-order valence-electron chi connectivity index (χ4n) is 3.79. The molecule has 0 unspecified atom stereocenters. The monoisotopic (exact) mass is 436 g/mol. The van der Waals surface area contributed by atoms with Crippen LogP contribution in [0.4, 0.5) is 4.79 Å². The second kappa shape index (κ2) is 9.43. The van der Waals surface area contributed by atoms with Gasteiger partial charge in [0.1, 0.15) is 0 Å². The summed E-state index contributed by atoms with van der Waals surface area (Å²) in [4.78, 5) is 28.5. The molecule has 31 heavy (non-hydrogen) atoms. The zero-order valence-electron chi connectivity index (χ0n) is 16.9. The number of carbonyl (C=O) groups is 2. The third kappa shape index (κ3) is 4.69. The summed E-state index contributed by atoms with van der Waals surface area (Å²) in [5.41, 5.74) is 0.432. The van der Waals surface area contributed by atoms with Crippen LogP contribution in [0, 0.1) is 0 Å². The van der Waals surface area contributed by atoms with Gasteiger partial charge in [0.25, 0.3) is 5.91 Å². The van der Waals surface area contributed by atoms with Crippen LogP contribution in [0.5, 0.6) is 0 Å². The second-order valence-electron chi connectivity index (χ2n) is 7.53. The number of nitrogens with one attached hydrogen (secondary N) is 1. The van der Waals surface area contributed by atoms with Gasteiger partial charge in [0.05, 0.1) is 25.9 Å². The molecule has 0 bridgehead atoms. The highest BCUT2D eigenvalue weighted by Gasteiger charge is 2.52. The van der Waals surface area contributed by atoms with Crippen LogP contribution in [0.25, 0.3) is 0 Å². The zero-order chi connectivity index (χ0) is 21.7. The molecular formula is C24H24N2O4S. The van der Waals surface area contributed by atoms with E-state index in [0.717, 1.165) is 15.3 Å². The number of nitrogens with zero attached hydrogens (tertiary/aromatic N) is 1. The van der Waals surface area contributed by atoms with E-state index in [1.807, 2.05) is 78.2 Å². The van der Waals surface area contributed by atoms with Crippen LogP contribution in [0.2, 0.25) is 0 Å². The van der Waals surface area contributed by atoms with Crippen molar-refractivity contribution in [3.63, 3.8) is 0 Å². The van der Waals surface area contributed by atoms with E-state index in [1.54, 1.807) is 11.3 Å². The normalized spacial score (nSPS) is 19.5. The fraction of sp³-hybridized carbons (Fsp3) is 0.250. The molecule has 3 amide bonds. The number of amides is 3. The Morgan fingerprint density at radius 2 is 1.71 bits per heavy atom. The van der Waals surface area contributed by atoms with E-state index in [0.29, 0.717) is 18.6 Å². The summed E-state index contributed by atoms with van der Waals surface area (Å²) in [5, 5.41) is 15.3. The lowest BCUT2D eigenvalue weighted by Gasteiger charge is -2.28. The molecule has 0 spiro atoms. The number of hydrogen-bond donors (Lipinski definition) is 2. The predicted molar refractivity (Wildman–Crippen MR) is 118 cm³/mol. The van der Waals surface area contributed by atoms with Crippen LogP contribution in [0.15, 0.2) is 78.2 Å². The van der Waals surface area contributed by atoms with Crippen molar-refractivity contribution in [3.8, 4) is 0 Å². The summed E-state index contributed by atoms with van der Waals surface area (Å²) in [6, 6.07) is 22.2. The number of ether oxygens (including phenoxy) is 1. The number of hydrogen-bond acceptors (Lipinski definition) is 5. The maximum absolute atomic E-state index is 13.5. The first-order valence-electron chi connectivity index (χ1n) is 10.1. The van der Waals surface area contributed by atoms with Gasteiger partial charge in [-0.2, -0.15) is 0 Å². The van der Waals surface area contributed by atoms with Gasteiger partial charge in [0, 0.05) is 11.3 Å². The number of aliphatic hydroxyl groups excluding tert-OH is 1. The number of imide groups is 1. The van der Waals surface area contributed by atoms with Crippen molar-refractivity contribution in [3.05, 3.63) is 94.2 Å². The maximum Gasteiger partial charge on any atom is 0.325 e. The molecule has 1 aliphatic heterocycles. The van der Waals surface area contributed by atoms with E-state index in [-0.39, 0.29) is 19.1 Å². The van der Waals surface area contributed by atoms with E-state index in [1.165, 1.54) is 0 Å². The van der Waals surface area contributed by atoms with Gasteiger partial charge in [0.15, 0.2) is 5.54 Å². The standard InChI is InChI=1S/C24H24N2O4S/c27-20(16-30-17-21-12-7-13-31-21)15-26-22(28)24(25-23(26)29,19-10-5-2-6-11-19)14-18-8-3-1-4-9-18/h1-13,20,27H,14-17H2,(H,25,29)/t20-,24+/m1/s1. The minimum atomic E-state index is -1.21. The molecule has 1 aromatic heterocycles. The van der Waals surface area contributed by atoms with Crippen molar-refractivity contribution in [1.29, 1.82) is 0 Å². The van der Waals surface area contributed by atoms with E-state index < -0.39 is 17.7 Å². The molecule has 0 aliphatic carbocycles. The Bertz CT molecular complexity index is 1010. The number of thiophene rings is 1. The highest BCUT2D eigenvalue weighted by molar-refractivity contribution is 7.09. The van der Waals surface area contributed by atoms with Gasteiger partial charge in [0.2, 0.25) is 0 Å². The van der Waals surface area contributed by atoms with Gasteiger partial charge in [-0.3, -0.25) is 9.69 Å². The Hall–Kier alpha value is -3.00. The molecule has 0 saturated carbocycles. The van der Waals surface area contributed by atoms with Crippen molar-refractivity contribution in [2.24, 2.45) is 0 Å². The fourth-order valence-corrected chi connectivity index (χ4v) is 4.43. The Balaban J connectivity index is 1.50. The minimum absolute atomic E-state index is 0.0337. The highest BCUT2D eigenvalue weighted by atomic mass is 32.1. The van der Waals surface area contributed by atoms with Crippen molar-refractivity contribution in [2.75, 3.05) is 13.2 Å². The molecule has 1 aliphatic rings. The summed E-state index contributed by atoms with van der Waals surface area (Å²) in [6.07, 6.45) is -0.651. The van der Waals surface area contributed by atoms with Gasteiger partial charge >= 0.3 is 6.03 Å². The number of carbonyl (C=O) groups excluding carboxylic acids is 2. The average Bonchev–Trinajstić information content (AvgIpc) is 3.38. The molecule has 0 radical (unpaired) electrons. The highest BCUT2D eigenvalue weighted by Crippen LogP contribution is 2.33. The largest absolute Gasteiger partial charge is 0.389 e. The number of benzene rings is 2. The van der Waals surface area contributed by atoms with Crippen LogP contribution in [0.3, 0.4) is 0 Å². The Labute approximate surface area is 185 Å². The molecule has 2 aromatic carbocycles. The molecule has 3 aromatic rings. The van der Waals surface area contributed by atoms with Gasteiger partial charge in [-0.25, -0.2) is 4.79 Å². The van der Waals surface area contributed by atoms with Gasteiger partial charge in [-0.1, -0.05) is 66.7 Å². The lowest BCUT2D eigenvalue weighted by molar-refractivity contribution is -0.133. The van der Waals surface area contributed by atoms with Crippen molar-refractivity contribution < 1.29 is 19.4 Å². The number of β-amino-alcohol motifs (C(OH)–C–C–N with tert-alkyl or cyclic N) is 1. The molecule has 6 nitrogen and oxygen atoms in total. The van der Waals surface area contributed by atoms with Crippen LogP contribution in [0.1, 0.15) is 16.0 Å². The lowest BCUT2D eigenvalue weighted by Crippen LogP contribution is -2.46. The van der Waals surface area contributed by atoms with Crippen LogP contribution >= 0.6 is 11.3 Å². The van der Waals surface area contributed by atoms with Crippen molar-refractivity contribution >= 4 is 23.3 Å². The van der Waals surface area contributed by atoms with E-state index >= 15 is 0 Å². The predicted octanol–water partition coefficient (Wildman–Crippen LogP) is 3.32. The zero-order valence-corrected chi connectivity index (χ0v) is 17.8. The first-order valence-corrected chi connectivity index (χ1v) is 11.0. The van der Waals surface area contributed by atoms with E-state index in [9.17, 15) is 14.7 Å². The van der Waals surface area contributed by atoms with Gasteiger partial charge in [-0.05, 0) is 22.6 Å². The van der Waals surface area contributed by atoms with Crippen molar-refractivity contribution in [1.82, 2.24) is 10.2 Å². The molecule has 1 saturated heterocycles. The summed E-state index contributed by atoms with van der Waals surface area (Å²) < 4.78 is 5.54. The van der Waals surface area contributed by atoms with E-state index in [2.05, 4.69) is 5.32 Å². The lowest BCUT2D eigenvalue weighted by atomic mass is 9.83. The van der Waals surface area contributed by atoms with E-state index in [4.69, 9.17) is 4.74 Å². The van der Waals surface area contributed by atoms with Crippen LogP contribution in [-0.2, 0) is 28.1 Å².